The monoisotopic (exact) mass is 1130 g/mol. The van der Waals surface area contributed by atoms with Crippen molar-refractivity contribution in [2.45, 2.75) is 101 Å². The lowest BCUT2D eigenvalue weighted by molar-refractivity contribution is -0.150. The number of nitrogens with one attached hydrogen (secondary N) is 2. The minimum atomic E-state index is -5.29. The second-order valence-electron chi connectivity index (χ2n) is 18.3. The number of carbonyl (C=O) groups is 4. The summed E-state index contributed by atoms with van der Waals surface area (Å²) in [6.07, 6.45) is -10.5. The maximum Gasteiger partial charge on any atom is 0.435 e. The third kappa shape index (κ3) is 12.0. The molecule has 2 aromatic carbocycles. The Labute approximate surface area is 424 Å². The van der Waals surface area contributed by atoms with Gasteiger partial charge in [-0.2, -0.15) is 49.6 Å². The fourth-order valence-electron chi connectivity index (χ4n) is 8.40. The van der Waals surface area contributed by atoms with Gasteiger partial charge in [0, 0.05) is 40.6 Å². The molecule has 18 nitrogen and oxygen atoms in total. The van der Waals surface area contributed by atoms with Crippen LogP contribution >= 0.6 is 11.6 Å². The molecule has 3 amide bonds. The fourth-order valence-corrected chi connectivity index (χ4v) is 9.91. The van der Waals surface area contributed by atoms with Crippen LogP contribution in [0.5, 0.6) is 0 Å². The largest absolute Gasteiger partial charge is 0.479 e. The molecule has 408 valence electrons. The molecule has 3 aromatic heterocycles. The SMILES string of the molecule is C[C@@H]1c2c(C(F)(F)F)nn(CC(=O)N[C@@H](Cc3cc(F)cc(F)c3)c3nc(CCC(C)(C)S(C)(=O)=O)ccc3-c3ccc(Cl)c4c(N(C(=O)NC(C(=O)O)C(=O)O)S(C)(=O)=O)nn(CC(F)(F)F)c34)c2C(F)(F)[C@@H]1C. The second kappa shape index (κ2) is 20.2. The number of hydrogen-bond acceptors (Lipinski definition) is 11. The molecule has 3 heterocycles. The number of aromatic nitrogens is 5. The smallest absolute Gasteiger partial charge is 0.435 e. The number of hydrogen-bond donors (Lipinski definition) is 4. The van der Waals surface area contributed by atoms with Crippen LogP contribution in [0.4, 0.5) is 54.5 Å². The average Bonchev–Trinajstić information content (AvgIpc) is 3.86. The quantitative estimate of drug-likeness (QED) is 0.0520. The number of carboxylic acids is 2. The molecule has 0 fully saturated rings. The Morgan fingerprint density at radius 2 is 1.45 bits per heavy atom. The highest BCUT2D eigenvalue weighted by Crippen LogP contribution is 2.55. The minimum absolute atomic E-state index is 0.0292. The number of sulfone groups is 1. The molecule has 6 rings (SSSR count). The molecule has 1 aliphatic carbocycles. The lowest BCUT2D eigenvalue weighted by Crippen LogP contribution is -2.53. The zero-order chi connectivity index (χ0) is 56.5. The third-order valence-corrected chi connectivity index (χ3v) is 16.1. The number of anilines is 1. The van der Waals surface area contributed by atoms with E-state index < -0.39 is 172 Å². The fraction of sp³-hybridized carbons (Fsp3) is 0.432. The number of rotatable bonds is 17. The van der Waals surface area contributed by atoms with Gasteiger partial charge in [-0.1, -0.05) is 37.6 Å². The summed E-state index contributed by atoms with van der Waals surface area (Å²) in [5, 5.41) is 28.3. The van der Waals surface area contributed by atoms with Gasteiger partial charge in [-0.15, -0.1) is 0 Å². The Balaban J connectivity index is 1.65. The van der Waals surface area contributed by atoms with Gasteiger partial charge in [0.25, 0.3) is 5.92 Å². The number of sulfonamides is 1. The molecule has 0 spiro atoms. The number of benzene rings is 2. The number of urea groups is 1. The van der Waals surface area contributed by atoms with E-state index in [1.807, 2.05) is 0 Å². The number of alkyl halides is 8. The van der Waals surface area contributed by atoms with Gasteiger partial charge >= 0.3 is 30.3 Å². The number of carbonyl (C=O) groups excluding carboxylic acids is 2. The van der Waals surface area contributed by atoms with E-state index in [1.165, 1.54) is 25.2 Å². The van der Waals surface area contributed by atoms with Crippen LogP contribution in [-0.4, -0.2) is 105 Å². The highest BCUT2D eigenvalue weighted by Gasteiger charge is 2.57. The number of fused-ring (bicyclic) bond motifs is 2. The minimum Gasteiger partial charge on any atom is -0.479 e. The maximum absolute atomic E-state index is 15.8. The molecular formula is C44H43ClF10N8O10S2. The summed E-state index contributed by atoms with van der Waals surface area (Å²) in [7, 11) is -8.94. The summed E-state index contributed by atoms with van der Waals surface area (Å²) in [5.74, 6) is -16.6. The van der Waals surface area contributed by atoms with E-state index in [4.69, 9.17) is 11.6 Å². The maximum atomic E-state index is 15.8. The van der Waals surface area contributed by atoms with Crippen LogP contribution in [-0.2, 0) is 72.3 Å². The standard InChI is InChI=1S/C44H43ClF10N8O10S2/c1-19-20(2)43(51,52)36-30(19)35(44(53,54)55)59-61(36)17-29(64)57-28(15-21-13-22(46)16-23(47)14-21)32-25(8-7-24(56-32)11-12-41(3,4)74(5,70)71)26-9-10-27(45)31-34(26)62(18-42(48,49)50)60-37(31)63(75(6,72)73)40(69)58-33(38(65)66)39(67)68/h7-10,13-14,16,19-20,28,33H,11-12,15,17-18H2,1-6H3,(H,57,64)(H,58,69)(H,65,66)(H,67,68)/t19-,20+,28-/m0/s1. The Kier molecular flexibility index (Phi) is 15.5. The molecule has 1 aliphatic rings. The van der Waals surface area contributed by atoms with E-state index in [0.717, 1.165) is 50.4 Å². The number of carboxylic acid groups (broad SMARTS) is 2. The lowest BCUT2D eigenvalue weighted by Gasteiger charge is -2.25. The normalized spacial score (nSPS) is 16.5. The molecule has 75 heavy (non-hydrogen) atoms. The Hall–Kier alpha value is -6.56. The van der Waals surface area contributed by atoms with Gasteiger partial charge in [0.15, 0.2) is 21.3 Å². The summed E-state index contributed by atoms with van der Waals surface area (Å²) < 4.78 is 198. The molecule has 0 bridgehead atoms. The van der Waals surface area contributed by atoms with Crippen LogP contribution in [0.1, 0.15) is 80.0 Å². The predicted octanol–water partition coefficient (Wildman–Crippen LogP) is 7.52. The molecular weight excluding hydrogens is 1090 g/mol. The van der Waals surface area contributed by atoms with Gasteiger partial charge in [-0.25, -0.2) is 40.0 Å². The predicted molar refractivity (Wildman–Crippen MR) is 246 cm³/mol. The molecule has 0 unspecified atom stereocenters. The number of nitrogens with zero attached hydrogens (tertiary/aromatic N) is 6. The van der Waals surface area contributed by atoms with Crippen molar-refractivity contribution in [3.05, 3.63) is 93.0 Å². The third-order valence-electron chi connectivity index (χ3n) is 12.6. The molecule has 5 aromatic rings. The van der Waals surface area contributed by atoms with Crippen molar-refractivity contribution in [1.82, 2.24) is 35.2 Å². The lowest BCUT2D eigenvalue weighted by atomic mass is 9.93. The number of halogens is 11. The summed E-state index contributed by atoms with van der Waals surface area (Å²) in [6, 6.07) is -0.403. The van der Waals surface area contributed by atoms with E-state index in [2.05, 4.69) is 20.5 Å². The number of amides is 3. The number of aliphatic carboxylic acids is 2. The second-order valence-corrected chi connectivity index (χ2v) is 23.2. The number of pyridine rings is 1. The van der Waals surface area contributed by atoms with Crippen LogP contribution in [0.3, 0.4) is 0 Å². The average molecular weight is 1130 g/mol. The van der Waals surface area contributed by atoms with Crippen LogP contribution < -0.4 is 14.9 Å². The molecule has 0 saturated carbocycles. The first-order valence-corrected chi connectivity index (χ1v) is 25.9. The van der Waals surface area contributed by atoms with E-state index in [-0.39, 0.29) is 43.3 Å². The summed E-state index contributed by atoms with van der Waals surface area (Å²) in [6.45, 7) is 1.33. The van der Waals surface area contributed by atoms with Gasteiger partial charge in [0.2, 0.25) is 22.0 Å². The Morgan fingerprint density at radius 1 is 0.867 bits per heavy atom. The van der Waals surface area contributed by atoms with Crippen molar-refractivity contribution >= 4 is 72.1 Å². The summed E-state index contributed by atoms with van der Waals surface area (Å²) in [5.41, 5.74) is -6.27. The van der Waals surface area contributed by atoms with Gasteiger partial charge < -0.3 is 20.8 Å². The Morgan fingerprint density at radius 3 is 1.99 bits per heavy atom. The molecule has 0 radical (unpaired) electrons. The van der Waals surface area contributed by atoms with Crippen molar-refractivity contribution in [2.24, 2.45) is 5.92 Å². The molecule has 3 atom stereocenters. The van der Waals surface area contributed by atoms with Crippen LogP contribution in [0.25, 0.3) is 22.0 Å². The van der Waals surface area contributed by atoms with Crippen molar-refractivity contribution in [3.8, 4) is 11.1 Å². The van der Waals surface area contributed by atoms with E-state index in [0.29, 0.717) is 12.3 Å². The van der Waals surface area contributed by atoms with Crippen molar-refractivity contribution in [1.29, 1.82) is 0 Å². The molecule has 31 heteroatoms. The molecule has 0 aliphatic heterocycles. The first-order chi connectivity index (χ1) is 34.2. The first-order valence-electron chi connectivity index (χ1n) is 21.8. The van der Waals surface area contributed by atoms with Gasteiger partial charge in [-0.3, -0.25) is 19.1 Å². The van der Waals surface area contributed by atoms with Gasteiger partial charge in [0.1, 0.15) is 30.4 Å². The van der Waals surface area contributed by atoms with Gasteiger partial charge in [0.05, 0.1) is 38.7 Å². The topological polar surface area (TPSA) is 253 Å². The first kappa shape index (κ1) is 57.7. The van der Waals surface area contributed by atoms with E-state index >= 15 is 8.78 Å². The van der Waals surface area contributed by atoms with Crippen LogP contribution in [0, 0.1) is 17.6 Å². The van der Waals surface area contributed by atoms with Gasteiger partial charge in [-0.05, 0) is 68.9 Å². The van der Waals surface area contributed by atoms with Crippen molar-refractivity contribution in [3.63, 3.8) is 0 Å². The Bertz CT molecular complexity index is 3330. The molecule has 4 N–H and O–H groups in total. The highest BCUT2D eigenvalue weighted by molar-refractivity contribution is 7.93. The van der Waals surface area contributed by atoms with E-state index in [1.54, 1.807) is 0 Å². The zero-order valence-corrected chi connectivity index (χ0v) is 42.1. The number of aryl methyl sites for hydroxylation is 1. The highest BCUT2D eigenvalue weighted by atomic mass is 35.5. The summed E-state index contributed by atoms with van der Waals surface area (Å²) in [4.78, 5) is 55.8. The van der Waals surface area contributed by atoms with Crippen molar-refractivity contribution < 1.29 is 90.1 Å². The van der Waals surface area contributed by atoms with Crippen LogP contribution in [0.2, 0.25) is 5.02 Å². The molecule has 0 saturated heterocycles. The van der Waals surface area contributed by atoms with E-state index in [9.17, 15) is 81.4 Å². The van der Waals surface area contributed by atoms with Crippen molar-refractivity contribution in [2.75, 3.05) is 16.8 Å². The zero-order valence-electron chi connectivity index (χ0n) is 39.7. The summed E-state index contributed by atoms with van der Waals surface area (Å²) >= 11 is 6.55. The van der Waals surface area contributed by atoms with Crippen LogP contribution in [0.15, 0.2) is 42.5 Å².